The van der Waals surface area contributed by atoms with E-state index in [0.717, 1.165) is 11.6 Å². The molecule has 0 spiro atoms. The highest BCUT2D eigenvalue weighted by Gasteiger charge is 2.09. The van der Waals surface area contributed by atoms with E-state index in [1.807, 2.05) is 7.05 Å². The summed E-state index contributed by atoms with van der Waals surface area (Å²) in [6, 6.07) is 4.00. The maximum atomic E-state index is 13.0. The average Bonchev–Trinajstić information content (AvgIpc) is 2.37. The van der Waals surface area contributed by atoms with Crippen LogP contribution in [0.1, 0.15) is 5.56 Å². The molecular weight excluding hydrogens is 240 g/mol. The lowest BCUT2D eigenvalue weighted by Gasteiger charge is -2.16. The highest BCUT2D eigenvalue weighted by molar-refractivity contribution is 5.18. The first-order chi connectivity index (χ1) is 8.67. The van der Waals surface area contributed by atoms with Gasteiger partial charge in [0.1, 0.15) is 0 Å². The van der Waals surface area contributed by atoms with E-state index in [1.165, 1.54) is 6.07 Å². The van der Waals surface area contributed by atoms with Crippen molar-refractivity contribution in [2.45, 2.75) is 12.5 Å². The molecule has 0 aliphatic heterocycles. The third kappa shape index (κ3) is 5.08. The maximum absolute atomic E-state index is 13.0. The minimum Gasteiger partial charge on any atom is -0.382 e. The van der Waals surface area contributed by atoms with E-state index in [4.69, 9.17) is 9.47 Å². The van der Waals surface area contributed by atoms with Crippen molar-refractivity contribution in [2.24, 2.45) is 0 Å². The van der Waals surface area contributed by atoms with Crippen molar-refractivity contribution in [1.82, 2.24) is 5.32 Å². The summed E-state index contributed by atoms with van der Waals surface area (Å²) in [6.45, 7) is 1.56. The van der Waals surface area contributed by atoms with Gasteiger partial charge in [-0.15, -0.1) is 0 Å². The zero-order valence-electron chi connectivity index (χ0n) is 10.7. The summed E-state index contributed by atoms with van der Waals surface area (Å²) in [5.74, 6) is -1.64. The van der Waals surface area contributed by atoms with Crippen molar-refractivity contribution in [1.29, 1.82) is 0 Å². The molecule has 102 valence electrons. The minimum absolute atomic E-state index is 0.0618. The standard InChI is InChI=1S/C13H19F2NO2/c1-16-11(9-18-6-5-17-2)7-10-3-4-12(14)13(15)8-10/h3-4,8,11,16H,5-7,9H2,1-2H3. The summed E-state index contributed by atoms with van der Waals surface area (Å²) >= 11 is 0. The molecule has 0 saturated heterocycles. The fourth-order valence-corrected chi connectivity index (χ4v) is 1.56. The molecule has 0 saturated carbocycles. The molecule has 0 aliphatic rings. The number of likely N-dealkylation sites (N-methyl/N-ethyl adjacent to an activating group) is 1. The van der Waals surface area contributed by atoms with Crippen LogP contribution in [0.25, 0.3) is 0 Å². The molecule has 1 unspecified atom stereocenters. The average molecular weight is 259 g/mol. The number of halogens is 2. The van der Waals surface area contributed by atoms with Gasteiger partial charge in [-0.2, -0.15) is 0 Å². The third-order valence-corrected chi connectivity index (χ3v) is 2.63. The van der Waals surface area contributed by atoms with Crippen molar-refractivity contribution < 1.29 is 18.3 Å². The largest absolute Gasteiger partial charge is 0.382 e. The normalized spacial score (nSPS) is 12.7. The molecule has 0 aliphatic carbocycles. The van der Waals surface area contributed by atoms with Gasteiger partial charge in [-0.3, -0.25) is 0 Å². The van der Waals surface area contributed by atoms with Crippen molar-refractivity contribution in [2.75, 3.05) is 34.0 Å². The molecular formula is C13H19F2NO2. The van der Waals surface area contributed by atoms with Gasteiger partial charge in [0.15, 0.2) is 11.6 Å². The van der Waals surface area contributed by atoms with Crippen molar-refractivity contribution in [3.63, 3.8) is 0 Å². The topological polar surface area (TPSA) is 30.5 Å². The first-order valence-corrected chi connectivity index (χ1v) is 5.85. The number of hydrogen-bond acceptors (Lipinski definition) is 3. The molecule has 0 aromatic heterocycles. The van der Waals surface area contributed by atoms with Crippen LogP contribution in [-0.4, -0.2) is 40.0 Å². The van der Waals surface area contributed by atoms with Crippen LogP contribution in [0.4, 0.5) is 8.78 Å². The van der Waals surface area contributed by atoms with Crippen molar-refractivity contribution >= 4 is 0 Å². The van der Waals surface area contributed by atoms with E-state index >= 15 is 0 Å². The Hall–Kier alpha value is -1.04. The van der Waals surface area contributed by atoms with E-state index in [-0.39, 0.29) is 6.04 Å². The molecule has 5 heteroatoms. The van der Waals surface area contributed by atoms with Gasteiger partial charge in [-0.05, 0) is 31.2 Å². The smallest absolute Gasteiger partial charge is 0.159 e. The Morgan fingerprint density at radius 1 is 1.22 bits per heavy atom. The Labute approximate surface area is 106 Å². The Kier molecular flexibility index (Phi) is 6.78. The Balaban J connectivity index is 2.44. The SMILES string of the molecule is CNC(COCCOC)Cc1ccc(F)c(F)c1. The molecule has 0 amide bonds. The molecule has 1 aromatic carbocycles. The molecule has 1 aromatic rings. The summed E-state index contributed by atoms with van der Waals surface area (Å²) in [6.07, 6.45) is 0.584. The zero-order chi connectivity index (χ0) is 13.4. The summed E-state index contributed by atoms with van der Waals surface area (Å²) in [5.41, 5.74) is 0.739. The lowest BCUT2D eigenvalue weighted by molar-refractivity contribution is 0.0597. The monoisotopic (exact) mass is 259 g/mol. The molecule has 0 bridgehead atoms. The van der Waals surface area contributed by atoms with Crippen LogP contribution in [0.5, 0.6) is 0 Å². The molecule has 1 N–H and O–H groups in total. The van der Waals surface area contributed by atoms with Gasteiger partial charge in [0.05, 0.1) is 19.8 Å². The van der Waals surface area contributed by atoms with Gasteiger partial charge in [-0.1, -0.05) is 6.07 Å². The van der Waals surface area contributed by atoms with Crippen molar-refractivity contribution in [3.05, 3.63) is 35.4 Å². The molecule has 0 fully saturated rings. The Bertz CT molecular complexity index is 361. The van der Waals surface area contributed by atoms with Crippen LogP contribution in [-0.2, 0) is 15.9 Å². The Morgan fingerprint density at radius 2 is 2.00 bits per heavy atom. The first-order valence-electron chi connectivity index (χ1n) is 5.85. The van der Waals surface area contributed by atoms with Gasteiger partial charge in [0.2, 0.25) is 0 Å². The molecule has 1 atom stereocenters. The summed E-state index contributed by atoms with van der Waals surface area (Å²) in [7, 11) is 3.42. The quantitative estimate of drug-likeness (QED) is 0.722. The van der Waals surface area contributed by atoms with Gasteiger partial charge >= 0.3 is 0 Å². The number of ether oxygens (including phenoxy) is 2. The summed E-state index contributed by atoms with van der Waals surface area (Å²) in [5, 5.41) is 3.08. The molecule has 3 nitrogen and oxygen atoms in total. The van der Waals surface area contributed by atoms with E-state index in [1.54, 1.807) is 13.2 Å². The van der Waals surface area contributed by atoms with E-state index in [9.17, 15) is 8.78 Å². The van der Waals surface area contributed by atoms with E-state index < -0.39 is 11.6 Å². The van der Waals surface area contributed by atoms with Crippen LogP contribution in [0, 0.1) is 11.6 Å². The fraction of sp³-hybridized carbons (Fsp3) is 0.538. The third-order valence-electron chi connectivity index (χ3n) is 2.63. The lowest BCUT2D eigenvalue weighted by atomic mass is 10.1. The Morgan fingerprint density at radius 3 is 2.61 bits per heavy atom. The van der Waals surface area contributed by atoms with Crippen LogP contribution < -0.4 is 5.32 Å². The van der Waals surface area contributed by atoms with Gasteiger partial charge in [0.25, 0.3) is 0 Å². The molecule has 0 heterocycles. The number of rotatable bonds is 8. The second kappa shape index (κ2) is 8.13. The minimum atomic E-state index is -0.823. The van der Waals surface area contributed by atoms with Crippen LogP contribution in [0.15, 0.2) is 18.2 Å². The number of nitrogens with one attached hydrogen (secondary N) is 1. The van der Waals surface area contributed by atoms with Gasteiger partial charge in [0, 0.05) is 13.2 Å². The highest BCUT2D eigenvalue weighted by Crippen LogP contribution is 2.10. The molecule has 0 radical (unpaired) electrons. The maximum Gasteiger partial charge on any atom is 0.159 e. The summed E-state index contributed by atoms with van der Waals surface area (Å²) in [4.78, 5) is 0. The van der Waals surface area contributed by atoms with Crippen LogP contribution in [0.3, 0.4) is 0 Å². The summed E-state index contributed by atoms with van der Waals surface area (Å²) < 4.78 is 36.1. The van der Waals surface area contributed by atoms with E-state index in [0.29, 0.717) is 26.2 Å². The number of benzene rings is 1. The second-order valence-electron chi connectivity index (χ2n) is 4.01. The van der Waals surface area contributed by atoms with Gasteiger partial charge < -0.3 is 14.8 Å². The highest BCUT2D eigenvalue weighted by atomic mass is 19.2. The fourth-order valence-electron chi connectivity index (χ4n) is 1.56. The predicted octanol–water partition coefficient (Wildman–Crippen LogP) is 1.76. The molecule has 18 heavy (non-hydrogen) atoms. The van der Waals surface area contributed by atoms with Crippen LogP contribution in [0.2, 0.25) is 0 Å². The first kappa shape index (κ1) is 15.0. The number of hydrogen-bond donors (Lipinski definition) is 1. The second-order valence-corrected chi connectivity index (χ2v) is 4.01. The van der Waals surface area contributed by atoms with Gasteiger partial charge in [-0.25, -0.2) is 8.78 Å². The van der Waals surface area contributed by atoms with E-state index in [2.05, 4.69) is 5.32 Å². The lowest BCUT2D eigenvalue weighted by Crippen LogP contribution is -2.33. The number of methoxy groups -OCH3 is 1. The zero-order valence-corrected chi connectivity index (χ0v) is 10.7. The van der Waals surface area contributed by atoms with Crippen molar-refractivity contribution in [3.8, 4) is 0 Å². The molecule has 1 rings (SSSR count). The van der Waals surface area contributed by atoms with Crippen LogP contribution >= 0.6 is 0 Å². The predicted molar refractivity (Wildman–Crippen MR) is 65.6 cm³/mol.